The highest BCUT2D eigenvalue weighted by Crippen LogP contribution is 2.34. The number of thioether (sulfide) groups is 1. The SMILES string of the molecule is COc1ccc(-c2nnc(SCC(=O)c3cc(C)n(-c4ccc(Cl)c(Cl)c4)c3C)n2-c2cccc(C(F)(F)F)c2)cc1. The van der Waals surface area contributed by atoms with Crippen LogP contribution in [0.5, 0.6) is 5.75 Å². The van der Waals surface area contributed by atoms with Crippen LogP contribution >= 0.6 is 35.0 Å². The van der Waals surface area contributed by atoms with Gasteiger partial charge in [-0.25, -0.2) is 0 Å². The van der Waals surface area contributed by atoms with E-state index in [-0.39, 0.29) is 22.4 Å². The van der Waals surface area contributed by atoms with Gasteiger partial charge in [0.05, 0.1) is 34.2 Å². The predicted molar refractivity (Wildman–Crippen MR) is 159 cm³/mol. The molecule has 216 valence electrons. The maximum atomic E-state index is 13.6. The van der Waals surface area contributed by atoms with Gasteiger partial charge in [-0.15, -0.1) is 10.2 Å². The molecule has 0 aliphatic heterocycles. The van der Waals surface area contributed by atoms with Gasteiger partial charge in [0.2, 0.25) is 0 Å². The Morgan fingerprint density at radius 3 is 2.29 bits per heavy atom. The Balaban J connectivity index is 1.49. The molecule has 0 radical (unpaired) electrons. The molecule has 0 N–H and O–H groups in total. The van der Waals surface area contributed by atoms with Crippen LogP contribution in [0.15, 0.2) is 78.0 Å². The highest BCUT2D eigenvalue weighted by molar-refractivity contribution is 7.99. The number of hydrogen-bond acceptors (Lipinski definition) is 5. The number of aryl methyl sites for hydroxylation is 1. The van der Waals surface area contributed by atoms with Gasteiger partial charge in [0.25, 0.3) is 0 Å². The van der Waals surface area contributed by atoms with Crippen LogP contribution in [-0.4, -0.2) is 38.0 Å². The Hall–Kier alpha value is -3.73. The van der Waals surface area contributed by atoms with Crippen LogP contribution in [0, 0.1) is 13.8 Å². The van der Waals surface area contributed by atoms with Crippen LogP contribution in [0.25, 0.3) is 22.8 Å². The third-order valence-corrected chi connectivity index (χ3v) is 8.31. The molecule has 0 saturated heterocycles. The van der Waals surface area contributed by atoms with Crippen molar-refractivity contribution in [3.63, 3.8) is 0 Å². The summed E-state index contributed by atoms with van der Waals surface area (Å²) in [5.41, 5.74) is 2.84. The number of aromatic nitrogens is 4. The van der Waals surface area contributed by atoms with Crippen LogP contribution in [0.3, 0.4) is 0 Å². The molecule has 12 heteroatoms. The first-order chi connectivity index (χ1) is 20.0. The number of ketones is 1. The van der Waals surface area contributed by atoms with Gasteiger partial charge in [0.1, 0.15) is 5.75 Å². The number of methoxy groups -OCH3 is 1. The molecule has 0 aliphatic carbocycles. The van der Waals surface area contributed by atoms with Gasteiger partial charge in [0, 0.05) is 28.2 Å². The van der Waals surface area contributed by atoms with E-state index in [1.807, 2.05) is 24.5 Å². The van der Waals surface area contributed by atoms with E-state index in [2.05, 4.69) is 10.2 Å². The number of halogens is 5. The molecule has 2 aromatic heterocycles. The number of benzene rings is 3. The summed E-state index contributed by atoms with van der Waals surface area (Å²) in [5.74, 6) is 0.738. The van der Waals surface area contributed by atoms with Crippen molar-refractivity contribution in [3.8, 4) is 28.5 Å². The van der Waals surface area contributed by atoms with Crippen LogP contribution in [0.4, 0.5) is 13.2 Å². The second-order valence-electron chi connectivity index (χ2n) is 9.35. The van der Waals surface area contributed by atoms with Gasteiger partial charge in [-0.2, -0.15) is 13.2 Å². The molecule has 5 aromatic rings. The number of Topliss-reactive ketones (excluding diaryl/α,β-unsaturated/α-hetero) is 1. The van der Waals surface area contributed by atoms with E-state index >= 15 is 0 Å². The van der Waals surface area contributed by atoms with E-state index < -0.39 is 11.7 Å². The van der Waals surface area contributed by atoms with Gasteiger partial charge in [-0.3, -0.25) is 9.36 Å². The quantitative estimate of drug-likeness (QED) is 0.127. The lowest BCUT2D eigenvalue weighted by Gasteiger charge is -2.13. The normalized spacial score (nSPS) is 11.6. The average Bonchev–Trinajstić information content (AvgIpc) is 3.53. The smallest absolute Gasteiger partial charge is 0.416 e. The van der Waals surface area contributed by atoms with E-state index in [0.29, 0.717) is 32.7 Å². The fourth-order valence-corrected chi connectivity index (χ4v) is 5.75. The van der Waals surface area contributed by atoms with E-state index in [9.17, 15) is 18.0 Å². The molecule has 0 bridgehead atoms. The average molecular weight is 632 g/mol. The summed E-state index contributed by atoms with van der Waals surface area (Å²) >= 11 is 13.4. The van der Waals surface area contributed by atoms with Crippen molar-refractivity contribution in [1.82, 2.24) is 19.3 Å². The minimum absolute atomic E-state index is 0.0224. The number of carbonyl (C=O) groups excluding carboxylic acids is 1. The maximum Gasteiger partial charge on any atom is 0.416 e. The number of rotatable bonds is 8. The second-order valence-corrected chi connectivity index (χ2v) is 11.1. The molecular formula is C30H23Cl2F3N4O2S. The van der Waals surface area contributed by atoms with Crippen molar-refractivity contribution >= 4 is 40.7 Å². The molecule has 0 saturated carbocycles. The zero-order chi connectivity index (χ0) is 30.2. The Bertz CT molecular complexity index is 1780. The summed E-state index contributed by atoms with van der Waals surface area (Å²) in [6.45, 7) is 3.71. The first-order valence-corrected chi connectivity index (χ1v) is 14.3. The lowest BCUT2D eigenvalue weighted by Crippen LogP contribution is -2.08. The van der Waals surface area contributed by atoms with Crippen molar-refractivity contribution < 1.29 is 22.7 Å². The van der Waals surface area contributed by atoms with Crippen LogP contribution in [0.2, 0.25) is 10.0 Å². The standard InChI is InChI=1S/C30H23Cl2F3N4O2S/c1-17-13-24(18(2)38(17)22-9-12-25(31)26(32)15-22)27(40)16-42-29-37-36-28(19-7-10-23(41-3)11-8-19)39(29)21-6-4-5-20(14-21)30(33,34)35/h4-15H,16H2,1-3H3. The van der Waals surface area contributed by atoms with Crippen molar-refractivity contribution in [2.75, 3.05) is 12.9 Å². The summed E-state index contributed by atoms with van der Waals surface area (Å²) in [6.07, 6.45) is -4.54. The minimum atomic E-state index is -4.54. The first-order valence-electron chi connectivity index (χ1n) is 12.6. The second kappa shape index (κ2) is 11.9. The number of nitrogens with zero attached hydrogens (tertiary/aromatic N) is 4. The molecule has 0 unspecified atom stereocenters. The van der Waals surface area contributed by atoms with Gasteiger partial charge in [0.15, 0.2) is 16.8 Å². The van der Waals surface area contributed by atoms with Crippen molar-refractivity contribution in [1.29, 1.82) is 0 Å². The van der Waals surface area contributed by atoms with E-state index in [1.165, 1.54) is 17.7 Å². The van der Waals surface area contributed by atoms with Crippen molar-refractivity contribution in [2.24, 2.45) is 0 Å². The molecule has 0 spiro atoms. The third-order valence-electron chi connectivity index (χ3n) is 6.64. The van der Waals surface area contributed by atoms with Crippen LogP contribution in [-0.2, 0) is 6.18 Å². The van der Waals surface area contributed by atoms with Gasteiger partial charge < -0.3 is 9.30 Å². The van der Waals surface area contributed by atoms with E-state index in [1.54, 1.807) is 48.5 Å². The van der Waals surface area contributed by atoms with E-state index in [0.717, 1.165) is 41.0 Å². The Kier molecular flexibility index (Phi) is 8.41. The number of ether oxygens (including phenoxy) is 1. The molecular weight excluding hydrogens is 608 g/mol. The third kappa shape index (κ3) is 5.92. The summed E-state index contributed by atoms with van der Waals surface area (Å²) in [6, 6.07) is 18.9. The molecule has 0 atom stereocenters. The number of alkyl halides is 3. The summed E-state index contributed by atoms with van der Waals surface area (Å²) in [7, 11) is 1.54. The minimum Gasteiger partial charge on any atom is -0.497 e. The fraction of sp³-hybridized carbons (Fsp3) is 0.167. The monoisotopic (exact) mass is 630 g/mol. The predicted octanol–water partition coefficient (Wildman–Crippen LogP) is 8.65. The fourth-order valence-electron chi connectivity index (χ4n) is 4.62. The zero-order valence-corrected chi connectivity index (χ0v) is 24.9. The molecule has 0 fully saturated rings. The molecule has 0 amide bonds. The summed E-state index contributed by atoms with van der Waals surface area (Å²) < 4.78 is 49.4. The topological polar surface area (TPSA) is 61.9 Å². The van der Waals surface area contributed by atoms with Crippen molar-refractivity contribution in [3.05, 3.63) is 105 Å². The Morgan fingerprint density at radius 2 is 1.62 bits per heavy atom. The maximum absolute atomic E-state index is 13.6. The van der Waals surface area contributed by atoms with Gasteiger partial charge in [-0.05, 0) is 80.6 Å². The molecule has 5 rings (SSSR count). The summed E-state index contributed by atoms with van der Waals surface area (Å²) in [5, 5.41) is 9.63. The number of hydrogen-bond donors (Lipinski definition) is 0. The first kappa shape index (κ1) is 29.8. The van der Waals surface area contributed by atoms with E-state index in [4.69, 9.17) is 27.9 Å². The van der Waals surface area contributed by atoms with Gasteiger partial charge >= 0.3 is 6.18 Å². The lowest BCUT2D eigenvalue weighted by molar-refractivity contribution is -0.137. The van der Waals surface area contributed by atoms with Crippen LogP contribution in [0.1, 0.15) is 27.3 Å². The molecule has 3 aromatic carbocycles. The van der Waals surface area contributed by atoms with Crippen molar-refractivity contribution in [2.45, 2.75) is 25.2 Å². The zero-order valence-electron chi connectivity index (χ0n) is 22.5. The number of carbonyl (C=O) groups is 1. The van der Waals surface area contributed by atoms with Gasteiger partial charge in [-0.1, -0.05) is 41.0 Å². The lowest BCUT2D eigenvalue weighted by atomic mass is 10.1. The Labute approximate surface area is 254 Å². The molecule has 0 aliphatic rings. The highest BCUT2D eigenvalue weighted by atomic mass is 35.5. The largest absolute Gasteiger partial charge is 0.497 e. The molecule has 42 heavy (non-hydrogen) atoms. The summed E-state index contributed by atoms with van der Waals surface area (Å²) in [4.78, 5) is 13.4. The Morgan fingerprint density at radius 1 is 0.905 bits per heavy atom. The van der Waals surface area contributed by atoms with Crippen LogP contribution < -0.4 is 4.74 Å². The molecule has 2 heterocycles. The highest BCUT2D eigenvalue weighted by Gasteiger charge is 2.31. The molecule has 6 nitrogen and oxygen atoms in total.